The number of fused-ring (bicyclic) bond motifs is 1. The molecule has 1 heterocycles. The van der Waals surface area contributed by atoms with Gasteiger partial charge < -0.3 is 4.74 Å². The quantitative estimate of drug-likeness (QED) is 0.556. The summed E-state index contributed by atoms with van der Waals surface area (Å²) in [4.78, 5) is 0. The largest absolute Gasteiger partial charge is 0.486 e. The number of unbranched alkanes of at least 4 members (excludes halogenated alkanes) is 2. The number of hydrogen-bond acceptors (Lipinski definition) is 1. The van der Waals surface area contributed by atoms with Crippen LogP contribution in [0.2, 0.25) is 0 Å². The minimum Gasteiger partial charge on any atom is -0.486 e. The lowest BCUT2D eigenvalue weighted by molar-refractivity contribution is 0.121. The van der Waals surface area contributed by atoms with Gasteiger partial charge in [0.05, 0.1) is 5.92 Å². The van der Waals surface area contributed by atoms with E-state index in [0.717, 1.165) is 5.75 Å². The van der Waals surface area contributed by atoms with Gasteiger partial charge in [-0.3, -0.25) is 0 Å². The summed E-state index contributed by atoms with van der Waals surface area (Å²) < 4.78 is 6.46. The molecule has 0 radical (unpaired) electrons. The molecule has 2 aromatic rings. The third kappa shape index (κ3) is 3.34. The first kappa shape index (κ1) is 18.0. The molecule has 2 aromatic carbocycles. The molecule has 0 aliphatic carbocycles. The highest BCUT2D eigenvalue weighted by atomic mass is 16.5. The van der Waals surface area contributed by atoms with Crippen LogP contribution in [0.5, 0.6) is 5.75 Å². The Balaban J connectivity index is 1.96. The molecule has 0 bridgehead atoms. The molecule has 0 fully saturated rings. The van der Waals surface area contributed by atoms with E-state index in [1.54, 1.807) is 0 Å². The predicted octanol–water partition coefficient (Wildman–Crippen LogP) is 6.65. The number of rotatable bonds is 5. The van der Waals surface area contributed by atoms with E-state index in [1.165, 1.54) is 59.1 Å². The van der Waals surface area contributed by atoms with Crippen LogP contribution in [0.25, 0.3) is 0 Å². The fourth-order valence-corrected chi connectivity index (χ4v) is 4.25. The topological polar surface area (TPSA) is 9.23 Å². The monoisotopic (exact) mass is 336 g/mol. The Labute approximate surface area is 153 Å². The molecule has 0 saturated carbocycles. The van der Waals surface area contributed by atoms with Crippen molar-refractivity contribution in [2.75, 3.05) is 0 Å². The first-order chi connectivity index (χ1) is 11.8. The standard InChI is InChI=1S/C24H32O/c1-7-8-9-10-19-11-13-20(14-12-19)22-21-17(3)15-16(2)18(4)23(21)25-24(22,5)6/h11-15,22H,7-10H2,1-6H3. The van der Waals surface area contributed by atoms with Gasteiger partial charge in [-0.05, 0) is 75.3 Å². The molecule has 1 unspecified atom stereocenters. The summed E-state index contributed by atoms with van der Waals surface area (Å²) in [5.41, 5.74) is 7.94. The Morgan fingerprint density at radius 2 is 1.64 bits per heavy atom. The van der Waals surface area contributed by atoms with E-state index in [4.69, 9.17) is 4.74 Å². The highest BCUT2D eigenvalue weighted by Crippen LogP contribution is 2.51. The van der Waals surface area contributed by atoms with Crippen LogP contribution in [0.1, 0.15) is 79.3 Å². The average Bonchev–Trinajstić information content (AvgIpc) is 2.86. The molecule has 3 rings (SSSR count). The van der Waals surface area contributed by atoms with Crippen LogP contribution in [0.15, 0.2) is 30.3 Å². The van der Waals surface area contributed by atoms with Crippen LogP contribution >= 0.6 is 0 Å². The first-order valence-corrected chi connectivity index (χ1v) is 9.73. The van der Waals surface area contributed by atoms with Gasteiger partial charge in [-0.25, -0.2) is 0 Å². The summed E-state index contributed by atoms with van der Waals surface area (Å²) in [6, 6.07) is 11.6. The summed E-state index contributed by atoms with van der Waals surface area (Å²) in [5.74, 6) is 1.41. The van der Waals surface area contributed by atoms with Gasteiger partial charge >= 0.3 is 0 Å². The molecule has 1 nitrogen and oxygen atoms in total. The van der Waals surface area contributed by atoms with Crippen molar-refractivity contribution < 1.29 is 4.74 Å². The summed E-state index contributed by atoms with van der Waals surface area (Å²) in [7, 11) is 0. The van der Waals surface area contributed by atoms with Crippen molar-refractivity contribution in [3.8, 4) is 5.75 Å². The second-order valence-corrected chi connectivity index (χ2v) is 8.22. The molecule has 1 aliphatic rings. The number of aryl methyl sites for hydroxylation is 3. The molecule has 1 heteroatoms. The van der Waals surface area contributed by atoms with E-state index < -0.39 is 0 Å². The number of benzene rings is 2. The van der Waals surface area contributed by atoms with Crippen LogP contribution < -0.4 is 4.74 Å². The van der Waals surface area contributed by atoms with E-state index in [9.17, 15) is 0 Å². The molecule has 0 spiro atoms. The Kier molecular flexibility index (Phi) is 4.95. The second kappa shape index (κ2) is 6.86. The molecular formula is C24H32O. The van der Waals surface area contributed by atoms with Crippen LogP contribution in [0, 0.1) is 20.8 Å². The Morgan fingerprint density at radius 1 is 0.960 bits per heavy atom. The lowest BCUT2D eigenvalue weighted by Crippen LogP contribution is -2.31. The minimum atomic E-state index is -0.213. The van der Waals surface area contributed by atoms with Crippen LogP contribution in [0.4, 0.5) is 0 Å². The van der Waals surface area contributed by atoms with Crippen molar-refractivity contribution in [2.45, 2.75) is 78.7 Å². The summed E-state index contributed by atoms with van der Waals surface area (Å²) in [6.45, 7) is 13.3. The molecule has 0 amide bonds. The maximum atomic E-state index is 6.46. The van der Waals surface area contributed by atoms with E-state index in [2.05, 4.69) is 71.9 Å². The number of hydrogen-bond donors (Lipinski definition) is 0. The van der Waals surface area contributed by atoms with Gasteiger partial charge in [-0.2, -0.15) is 0 Å². The van der Waals surface area contributed by atoms with Gasteiger partial charge in [0.25, 0.3) is 0 Å². The maximum absolute atomic E-state index is 6.46. The summed E-state index contributed by atoms with van der Waals surface area (Å²) in [6.07, 6.45) is 5.07. The first-order valence-electron chi connectivity index (χ1n) is 9.73. The lowest BCUT2D eigenvalue weighted by Gasteiger charge is -2.27. The molecular weight excluding hydrogens is 304 g/mol. The molecule has 0 aromatic heterocycles. The zero-order valence-electron chi connectivity index (χ0n) is 16.7. The normalized spacial score (nSPS) is 18.1. The van der Waals surface area contributed by atoms with Gasteiger partial charge in [0, 0.05) is 5.56 Å². The Bertz CT molecular complexity index is 753. The third-order valence-electron chi connectivity index (χ3n) is 5.77. The van der Waals surface area contributed by atoms with E-state index in [0.29, 0.717) is 5.92 Å². The van der Waals surface area contributed by atoms with Crippen molar-refractivity contribution in [1.82, 2.24) is 0 Å². The summed E-state index contributed by atoms with van der Waals surface area (Å²) >= 11 is 0. The summed E-state index contributed by atoms with van der Waals surface area (Å²) in [5, 5.41) is 0. The van der Waals surface area contributed by atoms with Crippen molar-refractivity contribution in [1.29, 1.82) is 0 Å². The van der Waals surface area contributed by atoms with Crippen LogP contribution in [-0.4, -0.2) is 5.60 Å². The third-order valence-corrected chi connectivity index (χ3v) is 5.77. The number of ether oxygens (including phenoxy) is 1. The smallest absolute Gasteiger partial charge is 0.127 e. The molecule has 25 heavy (non-hydrogen) atoms. The maximum Gasteiger partial charge on any atom is 0.127 e. The Hall–Kier alpha value is -1.76. The predicted molar refractivity (Wildman–Crippen MR) is 107 cm³/mol. The van der Waals surface area contributed by atoms with Crippen molar-refractivity contribution in [3.05, 3.63) is 63.7 Å². The molecule has 1 aliphatic heterocycles. The lowest BCUT2D eigenvalue weighted by atomic mass is 9.78. The van der Waals surface area contributed by atoms with Gasteiger partial charge in [-0.15, -0.1) is 0 Å². The van der Waals surface area contributed by atoms with Crippen LogP contribution in [-0.2, 0) is 6.42 Å². The SMILES string of the molecule is CCCCCc1ccc(C2c3c(C)cc(C)c(C)c3OC2(C)C)cc1. The van der Waals surface area contributed by atoms with Gasteiger partial charge in [0.15, 0.2) is 0 Å². The molecule has 134 valence electrons. The zero-order valence-corrected chi connectivity index (χ0v) is 16.7. The van der Waals surface area contributed by atoms with Gasteiger partial charge in [-0.1, -0.05) is 50.1 Å². The highest BCUT2D eigenvalue weighted by molar-refractivity contribution is 5.58. The van der Waals surface area contributed by atoms with E-state index in [-0.39, 0.29) is 5.60 Å². The minimum absolute atomic E-state index is 0.213. The highest BCUT2D eigenvalue weighted by Gasteiger charge is 2.43. The second-order valence-electron chi connectivity index (χ2n) is 8.22. The van der Waals surface area contributed by atoms with E-state index in [1.807, 2.05) is 0 Å². The van der Waals surface area contributed by atoms with Crippen molar-refractivity contribution in [3.63, 3.8) is 0 Å². The zero-order chi connectivity index (χ0) is 18.2. The van der Waals surface area contributed by atoms with Crippen molar-refractivity contribution in [2.24, 2.45) is 0 Å². The van der Waals surface area contributed by atoms with Gasteiger partial charge in [0.2, 0.25) is 0 Å². The fraction of sp³-hybridized carbons (Fsp3) is 0.500. The average molecular weight is 337 g/mol. The fourth-order valence-electron chi connectivity index (χ4n) is 4.25. The van der Waals surface area contributed by atoms with Crippen molar-refractivity contribution >= 4 is 0 Å². The van der Waals surface area contributed by atoms with E-state index >= 15 is 0 Å². The molecule has 0 N–H and O–H groups in total. The van der Waals surface area contributed by atoms with Crippen LogP contribution in [0.3, 0.4) is 0 Å². The Morgan fingerprint density at radius 3 is 2.28 bits per heavy atom. The molecule has 0 saturated heterocycles. The van der Waals surface area contributed by atoms with Gasteiger partial charge in [0.1, 0.15) is 11.4 Å². The molecule has 1 atom stereocenters.